The largest absolute Gasteiger partial charge is 0.337 e. The van der Waals surface area contributed by atoms with E-state index in [1.54, 1.807) is 6.92 Å². The fourth-order valence-corrected chi connectivity index (χ4v) is 2.07. The van der Waals surface area contributed by atoms with Crippen molar-refractivity contribution in [3.05, 3.63) is 34.9 Å². The smallest absolute Gasteiger partial charge is 0.239 e. The van der Waals surface area contributed by atoms with Crippen molar-refractivity contribution in [3.63, 3.8) is 0 Å². The maximum Gasteiger partial charge on any atom is 0.239 e. The Morgan fingerprint density at radius 1 is 1.35 bits per heavy atom. The number of rotatable bonds is 1. The summed E-state index contributed by atoms with van der Waals surface area (Å²) < 4.78 is 27.0. The van der Waals surface area contributed by atoms with Gasteiger partial charge in [-0.3, -0.25) is 4.79 Å². The summed E-state index contributed by atoms with van der Waals surface area (Å²) in [6.45, 7) is 2.06. The molecule has 0 bridgehead atoms. The molecule has 2 N–H and O–H groups in total. The van der Waals surface area contributed by atoms with Crippen LogP contribution in [0.25, 0.3) is 0 Å². The zero-order chi connectivity index (χ0) is 12.6. The zero-order valence-electron chi connectivity index (χ0n) is 9.54. The first-order valence-electron chi connectivity index (χ1n) is 5.51. The first-order valence-corrected chi connectivity index (χ1v) is 5.51. The van der Waals surface area contributed by atoms with Crippen LogP contribution in [0, 0.1) is 11.6 Å². The minimum atomic E-state index is -0.617. The highest BCUT2D eigenvalue weighted by Crippen LogP contribution is 2.24. The van der Waals surface area contributed by atoms with Gasteiger partial charge in [0, 0.05) is 18.7 Å². The Bertz CT molecular complexity index is 460. The Hall–Kier alpha value is -1.49. The van der Waals surface area contributed by atoms with E-state index < -0.39 is 17.7 Å². The van der Waals surface area contributed by atoms with Crippen LogP contribution in [0.4, 0.5) is 8.78 Å². The van der Waals surface area contributed by atoms with Gasteiger partial charge in [-0.2, -0.15) is 0 Å². The van der Waals surface area contributed by atoms with Gasteiger partial charge in [0.05, 0.1) is 6.04 Å². The average Bonchev–Trinajstić information content (AvgIpc) is 2.32. The predicted octanol–water partition coefficient (Wildman–Crippen LogP) is 1.20. The molecule has 3 nitrogen and oxygen atoms in total. The molecule has 0 spiro atoms. The topological polar surface area (TPSA) is 46.3 Å². The lowest BCUT2D eigenvalue weighted by Crippen LogP contribution is -2.44. The molecule has 5 heteroatoms. The van der Waals surface area contributed by atoms with Gasteiger partial charge in [-0.1, -0.05) is 0 Å². The van der Waals surface area contributed by atoms with Crippen LogP contribution in [0.3, 0.4) is 0 Å². The highest BCUT2D eigenvalue weighted by molar-refractivity contribution is 5.81. The molecule has 1 aliphatic rings. The predicted molar refractivity (Wildman–Crippen MR) is 59.1 cm³/mol. The van der Waals surface area contributed by atoms with Crippen LogP contribution >= 0.6 is 0 Å². The van der Waals surface area contributed by atoms with Gasteiger partial charge in [0.15, 0.2) is 0 Å². The molecule has 1 aromatic rings. The van der Waals surface area contributed by atoms with Gasteiger partial charge in [-0.15, -0.1) is 0 Å². The van der Waals surface area contributed by atoms with Crippen LogP contribution in [-0.2, 0) is 17.8 Å². The van der Waals surface area contributed by atoms with E-state index in [4.69, 9.17) is 5.73 Å². The Morgan fingerprint density at radius 2 is 1.94 bits per heavy atom. The number of benzene rings is 1. The van der Waals surface area contributed by atoms with Crippen molar-refractivity contribution in [3.8, 4) is 0 Å². The van der Waals surface area contributed by atoms with Gasteiger partial charge < -0.3 is 10.6 Å². The molecule has 1 heterocycles. The second-order valence-corrected chi connectivity index (χ2v) is 4.28. The van der Waals surface area contributed by atoms with E-state index >= 15 is 0 Å². The number of halogens is 2. The van der Waals surface area contributed by atoms with E-state index in [1.165, 1.54) is 4.90 Å². The Kier molecular flexibility index (Phi) is 3.11. The van der Waals surface area contributed by atoms with Gasteiger partial charge in [-0.05, 0) is 31.0 Å². The van der Waals surface area contributed by atoms with Crippen molar-refractivity contribution in [2.75, 3.05) is 6.54 Å². The maximum atomic E-state index is 13.6. The van der Waals surface area contributed by atoms with Crippen molar-refractivity contribution in [1.82, 2.24) is 4.90 Å². The number of carbonyl (C=O) groups excluding carboxylic acids is 1. The highest BCUT2D eigenvalue weighted by atomic mass is 19.1. The first kappa shape index (κ1) is 12.0. The summed E-state index contributed by atoms with van der Waals surface area (Å²) in [5.74, 6) is -1.11. The molecule has 2 rings (SSSR count). The fraction of sp³-hybridized carbons (Fsp3) is 0.417. The fourth-order valence-electron chi connectivity index (χ4n) is 2.07. The third-order valence-corrected chi connectivity index (χ3v) is 3.00. The number of hydrogen-bond donors (Lipinski definition) is 1. The molecule has 0 saturated heterocycles. The monoisotopic (exact) mass is 240 g/mol. The highest BCUT2D eigenvalue weighted by Gasteiger charge is 2.26. The molecule has 0 fully saturated rings. The lowest BCUT2D eigenvalue weighted by atomic mass is 9.98. The summed E-state index contributed by atoms with van der Waals surface area (Å²) in [4.78, 5) is 13.2. The Morgan fingerprint density at radius 3 is 2.53 bits per heavy atom. The summed E-state index contributed by atoms with van der Waals surface area (Å²) in [5.41, 5.74) is 6.14. The molecule has 0 aliphatic carbocycles. The minimum Gasteiger partial charge on any atom is -0.337 e. The van der Waals surface area contributed by atoms with Crippen LogP contribution in [0.2, 0.25) is 0 Å². The standard InChI is InChI=1S/C12H14F2N2O/c1-7(15)12(17)16-5-4-8-9(6-16)11(14)3-2-10(8)13/h2-3,7H,4-6,15H2,1H3/t7-/m1/s1. The van der Waals surface area contributed by atoms with Crippen LogP contribution in [0.15, 0.2) is 12.1 Å². The summed E-state index contributed by atoms with van der Waals surface area (Å²) in [6, 6.07) is 1.60. The van der Waals surface area contributed by atoms with Crippen LogP contribution in [0.1, 0.15) is 18.1 Å². The first-order chi connectivity index (χ1) is 8.00. The summed E-state index contributed by atoms with van der Waals surface area (Å²) in [6.07, 6.45) is 0.331. The third kappa shape index (κ3) is 2.15. The quantitative estimate of drug-likeness (QED) is 0.801. The SMILES string of the molecule is C[C@@H](N)C(=O)N1CCc2c(F)ccc(F)c2C1. The van der Waals surface area contributed by atoms with Crippen molar-refractivity contribution in [2.45, 2.75) is 25.9 Å². The van der Waals surface area contributed by atoms with E-state index in [2.05, 4.69) is 0 Å². The van der Waals surface area contributed by atoms with Crippen LogP contribution < -0.4 is 5.73 Å². The number of fused-ring (bicyclic) bond motifs is 1. The van der Waals surface area contributed by atoms with E-state index in [1.807, 2.05) is 0 Å². The lowest BCUT2D eigenvalue weighted by molar-refractivity contribution is -0.133. The number of amides is 1. The lowest BCUT2D eigenvalue weighted by Gasteiger charge is -2.30. The molecule has 1 amide bonds. The van der Waals surface area contributed by atoms with Crippen LogP contribution in [0.5, 0.6) is 0 Å². The third-order valence-electron chi connectivity index (χ3n) is 3.00. The van der Waals surface area contributed by atoms with Gasteiger partial charge >= 0.3 is 0 Å². The maximum absolute atomic E-state index is 13.6. The van der Waals surface area contributed by atoms with Crippen LogP contribution in [-0.4, -0.2) is 23.4 Å². The number of nitrogens with two attached hydrogens (primary N) is 1. The van der Waals surface area contributed by atoms with Crippen molar-refractivity contribution >= 4 is 5.91 Å². The molecular weight excluding hydrogens is 226 g/mol. The van der Waals surface area contributed by atoms with Crippen molar-refractivity contribution in [2.24, 2.45) is 5.73 Å². The molecule has 0 aromatic heterocycles. The molecule has 1 aromatic carbocycles. The molecule has 1 aliphatic heterocycles. The zero-order valence-corrected chi connectivity index (χ0v) is 9.54. The number of nitrogens with zero attached hydrogens (tertiary/aromatic N) is 1. The van der Waals surface area contributed by atoms with E-state index in [-0.39, 0.29) is 18.0 Å². The summed E-state index contributed by atoms with van der Waals surface area (Å²) >= 11 is 0. The molecule has 0 saturated carbocycles. The number of hydrogen-bond acceptors (Lipinski definition) is 2. The Labute approximate surface area is 98.2 Å². The van der Waals surface area contributed by atoms with Gasteiger partial charge in [-0.25, -0.2) is 8.78 Å². The summed E-state index contributed by atoms with van der Waals surface area (Å²) in [7, 11) is 0. The molecule has 17 heavy (non-hydrogen) atoms. The normalized spacial score (nSPS) is 16.6. The van der Waals surface area contributed by atoms with Gasteiger partial charge in [0.1, 0.15) is 11.6 Å². The minimum absolute atomic E-state index is 0.0965. The molecule has 0 unspecified atom stereocenters. The average molecular weight is 240 g/mol. The van der Waals surface area contributed by atoms with Gasteiger partial charge in [0.25, 0.3) is 0 Å². The van der Waals surface area contributed by atoms with E-state index in [9.17, 15) is 13.6 Å². The van der Waals surface area contributed by atoms with Crippen molar-refractivity contribution < 1.29 is 13.6 Å². The number of carbonyl (C=O) groups is 1. The molecular formula is C12H14F2N2O. The molecule has 0 radical (unpaired) electrons. The van der Waals surface area contributed by atoms with Crippen molar-refractivity contribution in [1.29, 1.82) is 0 Å². The second-order valence-electron chi connectivity index (χ2n) is 4.28. The van der Waals surface area contributed by atoms with E-state index in [0.717, 1.165) is 12.1 Å². The summed E-state index contributed by atoms with van der Waals surface area (Å²) in [5, 5.41) is 0. The van der Waals surface area contributed by atoms with E-state index in [0.29, 0.717) is 18.5 Å². The second kappa shape index (κ2) is 4.41. The Balaban J connectivity index is 2.30. The molecule has 92 valence electrons. The van der Waals surface area contributed by atoms with Gasteiger partial charge in [0.2, 0.25) is 5.91 Å². The molecule has 1 atom stereocenters.